The summed E-state index contributed by atoms with van der Waals surface area (Å²) in [4.78, 5) is 0. The molecular formula is C19H21NO. The Labute approximate surface area is 126 Å². The van der Waals surface area contributed by atoms with E-state index in [2.05, 4.69) is 67.1 Å². The van der Waals surface area contributed by atoms with E-state index in [0.29, 0.717) is 6.61 Å². The molecule has 2 aromatic carbocycles. The van der Waals surface area contributed by atoms with Gasteiger partial charge in [-0.1, -0.05) is 37.3 Å². The molecule has 0 radical (unpaired) electrons. The Morgan fingerprint density at radius 1 is 1.00 bits per heavy atom. The van der Waals surface area contributed by atoms with Gasteiger partial charge in [-0.2, -0.15) is 0 Å². The van der Waals surface area contributed by atoms with E-state index in [1.165, 1.54) is 27.7 Å². The van der Waals surface area contributed by atoms with Crippen LogP contribution in [0.15, 0.2) is 48.5 Å². The van der Waals surface area contributed by atoms with Gasteiger partial charge in [0.1, 0.15) is 5.75 Å². The molecule has 3 rings (SSSR count). The van der Waals surface area contributed by atoms with Crippen LogP contribution in [0.3, 0.4) is 0 Å². The molecule has 0 aliphatic carbocycles. The molecule has 2 nitrogen and oxygen atoms in total. The van der Waals surface area contributed by atoms with E-state index in [-0.39, 0.29) is 0 Å². The maximum atomic E-state index is 5.66. The molecule has 2 heteroatoms. The van der Waals surface area contributed by atoms with Gasteiger partial charge in [-0.25, -0.2) is 0 Å². The van der Waals surface area contributed by atoms with Crippen LogP contribution >= 0.6 is 0 Å². The van der Waals surface area contributed by atoms with Gasteiger partial charge in [-0.15, -0.1) is 0 Å². The van der Waals surface area contributed by atoms with Crippen LogP contribution in [0.25, 0.3) is 22.2 Å². The second-order valence-corrected chi connectivity index (χ2v) is 5.22. The first-order valence-corrected chi connectivity index (χ1v) is 7.55. The quantitative estimate of drug-likeness (QED) is 0.668. The maximum absolute atomic E-state index is 5.66. The standard InChI is InChI=1S/C19H21NO/c1-4-16-17-13-15(21-5-2)11-12-18(17)20(3)19(16)14-9-7-6-8-10-14/h6-13H,4-5H2,1-3H3. The Bertz CT molecular complexity index is 756. The molecule has 0 amide bonds. The molecule has 1 heterocycles. The second-order valence-electron chi connectivity index (χ2n) is 5.22. The van der Waals surface area contributed by atoms with Crippen LogP contribution in [0.1, 0.15) is 19.4 Å². The van der Waals surface area contributed by atoms with Gasteiger partial charge in [0.25, 0.3) is 0 Å². The fraction of sp³-hybridized carbons (Fsp3) is 0.263. The third-order valence-electron chi connectivity index (χ3n) is 3.99. The number of ether oxygens (including phenoxy) is 1. The Morgan fingerprint density at radius 2 is 1.76 bits per heavy atom. The zero-order valence-electron chi connectivity index (χ0n) is 12.9. The van der Waals surface area contributed by atoms with Crippen LogP contribution in [0.5, 0.6) is 5.75 Å². The summed E-state index contributed by atoms with van der Waals surface area (Å²) in [6, 6.07) is 17.0. The van der Waals surface area contributed by atoms with E-state index in [1.807, 2.05) is 6.92 Å². The maximum Gasteiger partial charge on any atom is 0.120 e. The first-order chi connectivity index (χ1) is 10.3. The number of nitrogens with zero attached hydrogens (tertiary/aromatic N) is 1. The summed E-state index contributed by atoms with van der Waals surface area (Å²) < 4.78 is 7.95. The zero-order valence-corrected chi connectivity index (χ0v) is 12.9. The van der Waals surface area contributed by atoms with Crippen LogP contribution in [0, 0.1) is 0 Å². The summed E-state index contributed by atoms with van der Waals surface area (Å²) in [5.41, 5.74) is 5.22. The minimum absolute atomic E-state index is 0.700. The summed E-state index contributed by atoms with van der Waals surface area (Å²) in [7, 11) is 2.14. The number of fused-ring (bicyclic) bond motifs is 1. The highest BCUT2D eigenvalue weighted by atomic mass is 16.5. The molecule has 0 fully saturated rings. The molecule has 3 aromatic rings. The van der Waals surface area contributed by atoms with Crippen LogP contribution in [-0.2, 0) is 13.5 Å². The molecule has 0 bridgehead atoms. The van der Waals surface area contributed by atoms with E-state index >= 15 is 0 Å². The summed E-state index contributed by atoms with van der Waals surface area (Å²) in [5.74, 6) is 0.949. The average molecular weight is 279 g/mol. The van der Waals surface area contributed by atoms with Crippen molar-refractivity contribution < 1.29 is 4.74 Å². The predicted octanol–water partition coefficient (Wildman–Crippen LogP) is 4.81. The van der Waals surface area contributed by atoms with Crippen molar-refractivity contribution in [1.29, 1.82) is 0 Å². The molecule has 0 unspecified atom stereocenters. The monoisotopic (exact) mass is 279 g/mol. The first kappa shape index (κ1) is 13.7. The van der Waals surface area contributed by atoms with E-state index in [4.69, 9.17) is 4.74 Å². The lowest BCUT2D eigenvalue weighted by Gasteiger charge is -2.06. The molecule has 0 saturated heterocycles. The summed E-state index contributed by atoms with van der Waals surface area (Å²) in [6.07, 6.45) is 1.01. The first-order valence-electron chi connectivity index (χ1n) is 7.55. The normalized spacial score (nSPS) is 11.0. The number of aryl methyl sites for hydroxylation is 2. The predicted molar refractivity (Wildman–Crippen MR) is 88.9 cm³/mol. The van der Waals surface area contributed by atoms with Gasteiger partial charge in [0, 0.05) is 18.0 Å². The Hall–Kier alpha value is -2.22. The second kappa shape index (κ2) is 5.65. The lowest BCUT2D eigenvalue weighted by molar-refractivity contribution is 0.340. The fourth-order valence-electron chi connectivity index (χ4n) is 3.08. The lowest BCUT2D eigenvalue weighted by atomic mass is 10.0. The van der Waals surface area contributed by atoms with Crippen molar-refractivity contribution in [2.24, 2.45) is 7.05 Å². The van der Waals surface area contributed by atoms with Crippen molar-refractivity contribution in [2.45, 2.75) is 20.3 Å². The third-order valence-corrected chi connectivity index (χ3v) is 3.99. The van der Waals surface area contributed by atoms with E-state index in [1.54, 1.807) is 0 Å². The van der Waals surface area contributed by atoms with E-state index in [9.17, 15) is 0 Å². The molecule has 0 aliphatic heterocycles. The summed E-state index contributed by atoms with van der Waals surface area (Å²) >= 11 is 0. The van der Waals surface area contributed by atoms with Crippen molar-refractivity contribution in [1.82, 2.24) is 4.57 Å². The fourth-order valence-corrected chi connectivity index (χ4v) is 3.08. The minimum atomic E-state index is 0.700. The van der Waals surface area contributed by atoms with Gasteiger partial charge < -0.3 is 9.30 Å². The largest absolute Gasteiger partial charge is 0.494 e. The molecule has 0 aliphatic rings. The smallest absolute Gasteiger partial charge is 0.120 e. The summed E-state index contributed by atoms with van der Waals surface area (Å²) in [6.45, 7) is 4.94. The van der Waals surface area contributed by atoms with Crippen molar-refractivity contribution in [3.63, 3.8) is 0 Å². The molecule has 0 saturated carbocycles. The average Bonchev–Trinajstić information content (AvgIpc) is 2.80. The molecule has 0 atom stereocenters. The molecule has 1 aromatic heterocycles. The zero-order chi connectivity index (χ0) is 14.8. The van der Waals surface area contributed by atoms with Crippen molar-refractivity contribution in [3.05, 3.63) is 54.1 Å². The Balaban J connectivity index is 2.27. The van der Waals surface area contributed by atoms with Gasteiger partial charge in [0.05, 0.1) is 12.3 Å². The Morgan fingerprint density at radius 3 is 2.43 bits per heavy atom. The van der Waals surface area contributed by atoms with Gasteiger partial charge in [-0.05, 0) is 42.7 Å². The number of benzene rings is 2. The van der Waals surface area contributed by atoms with E-state index < -0.39 is 0 Å². The molecule has 108 valence electrons. The van der Waals surface area contributed by atoms with Gasteiger partial charge >= 0.3 is 0 Å². The number of hydrogen-bond acceptors (Lipinski definition) is 1. The number of rotatable bonds is 4. The van der Waals surface area contributed by atoms with E-state index in [0.717, 1.165) is 12.2 Å². The highest BCUT2D eigenvalue weighted by molar-refractivity contribution is 5.92. The third kappa shape index (κ3) is 2.31. The summed E-state index contributed by atoms with van der Waals surface area (Å²) in [5, 5.41) is 1.30. The number of hydrogen-bond donors (Lipinski definition) is 0. The van der Waals surface area contributed by atoms with Crippen molar-refractivity contribution >= 4 is 10.9 Å². The molecule has 21 heavy (non-hydrogen) atoms. The van der Waals surface area contributed by atoms with Crippen LogP contribution in [0.4, 0.5) is 0 Å². The minimum Gasteiger partial charge on any atom is -0.494 e. The Kier molecular flexibility index (Phi) is 3.70. The van der Waals surface area contributed by atoms with Crippen molar-refractivity contribution in [3.8, 4) is 17.0 Å². The van der Waals surface area contributed by atoms with Crippen molar-refractivity contribution in [2.75, 3.05) is 6.61 Å². The highest BCUT2D eigenvalue weighted by Gasteiger charge is 2.15. The van der Waals surface area contributed by atoms with Crippen LogP contribution < -0.4 is 4.74 Å². The lowest BCUT2D eigenvalue weighted by Crippen LogP contribution is -1.93. The molecule has 0 spiro atoms. The van der Waals surface area contributed by atoms with Crippen LogP contribution in [-0.4, -0.2) is 11.2 Å². The molecular weight excluding hydrogens is 258 g/mol. The highest BCUT2D eigenvalue weighted by Crippen LogP contribution is 2.35. The number of aromatic nitrogens is 1. The van der Waals surface area contributed by atoms with Gasteiger partial charge in [-0.3, -0.25) is 0 Å². The van der Waals surface area contributed by atoms with Crippen LogP contribution in [0.2, 0.25) is 0 Å². The SMILES string of the molecule is CCOc1ccc2c(c1)c(CC)c(-c1ccccc1)n2C. The van der Waals surface area contributed by atoms with Gasteiger partial charge in [0.2, 0.25) is 0 Å². The topological polar surface area (TPSA) is 14.2 Å². The van der Waals surface area contributed by atoms with Gasteiger partial charge in [0.15, 0.2) is 0 Å². The molecule has 0 N–H and O–H groups in total.